The third-order valence-electron chi connectivity index (χ3n) is 3.90. The SMILES string of the molecule is C[C@@H]1CN(Cc2ccc(OCc3ccccn3)cc2)CCN1. The molecular weight excluding hydrogens is 274 g/mol. The van der Waals surface area contributed by atoms with Gasteiger partial charge in [-0.15, -0.1) is 0 Å². The minimum absolute atomic E-state index is 0.509. The molecule has 1 aromatic carbocycles. The van der Waals surface area contributed by atoms with Crippen LogP contribution in [0.5, 0.6) is 5.75 Å². The van der Waals surface area contributed by atoms with E-state index in [1.165, 1.54) is 5.56 Å². The molecule has 0 aliphatic carbocycles. The monoisotopic (exact) mass is 297 g/mol. The zero-order chi connectivity index (χ0) is 15.2. The van der Waals surface area contributed by atoms with Gasteiger partial charge in [-0.1, -0.05) is 18.2 Å². The van der Waals surface area contributed by atoms with Crippen LogP contribution in [0, 0.1) is 0 Å². The summed E-state index contributed by atoms with van der Waals surface area (Å²) in [6.07, 6.45) is 1.79. The normalized spacial score (nSPS) is 19.0. The minimum Gasteiger partial charge on any atom is -0.487 e. The number of nitrogens with zero attached hydrogens (tertiary/aromatic N) is 2. The van der Waals surface area contributed by atoms with Gasteiger partial charge in [0.05, 0.1) is 5.69 Å². The molecule has 2 heterocycles. The van der Waals surface area contributed by atoms with E-state index >= 15 is 0 Å². The predicted octanol–water partition coefficient (Wildman–Crippen LogP) is 2.45. The Hall–Kier alpha value is -1.91. The molecule has 4 heteroatoms. The van der Waals surface area contributed by atoms with E-state index in [0.29, 0.717) is 12.6 Å². The Labute approximate surface area is 132 Å². The predicted molar refractivity (Wildman–Crippen MR) is 87.8 cm³/mol. The highest BCUT2D eigenvalue weighted by Gasteiger charge is 2.15. The van der Waals surface area contributed by atoms with Gasteiger partial charge in [-0.25, -0.2) is 0 Å². The number of nitrogens with one attached hydrogen (secondary N) is 1. The second kappa shape index (κ2) is 7.38. The van der Waals surface area contributed by atoms with Gasteiger partial charge in [0.25, 0.3) is 0 Å². The standard InChI is InChI=1S/C18H23N3O/c1-15-12-21(11-10-19-15)13-16-5-7-18(8-6-16)22-14-17-4-2-3-9-20-17/h2-9,15,19H,10-14H2,1H3/t15-/m1/s1. The molecule has 0 amide bonds. The lowest BCUT2D eigenvalue weighted by molar-refractivity contribution is 0.199. The first-order valence-corrected chi connectivity index (χ1v) is 7.87. The van der Waals surface area contributed by atoms with Crippen molar-refractivity contribution in [2.45, 2.75) is 26.1 Å². The largest absolute Gasteiger partial charge is 0.487 e. The van der Waals surface area contributed by atoms with Gasteiger partial charge in [-0.05, 0) is 36.8 Å². The highest BCUT2D eigenvalue weighted by Crippen LogP contribution is 2.15. The molecule has 0 radical (unpaired) electrons. The zero-order valence-electron chi connectivity index (χ0n) is 13.0. The Morgan fingerprint density at radius 2 is 2.09 bits per heavy atom. The van der Waals surface area contributed by atoms with E-state index in [2.05, 4.69) is 34.3 Å². The average Bonchev–Trinajstić information content (AvgIpc) is 2.55. The van der Waals surface area contributed by atoms with Crippen LogP contribution in [-0.2, 0) is 13.2 Å². The molecule has 1 aromatic heterocycles. The van der Waals surface area contributed by atoms with E-state index in [0.717, 1.165) is 37.6 Å². The van der Waals surface area contributed by atoms with Crippen molar-refractivity contribution in [3.05, 3.63) is 59.9 Å². The Kier molecular flexibility index (Phi) is 5.03. The zero-order valence-corrected chi connectivity index (χ0v) is 13.0. The van der Waals surface area contributed by atoms with Crippen molar-refractivity contribution >= 4 is 0 Å². The van der Waals surface area contributed by atoms with Crippen LogP contribution in [-0.4, -0.2) is 35.6 Å². The number of aromatic nitrogens is 1. The van der Waals surface area contributed by atoms with Crippen molar-refractivity contribution < 1.29 is 4.74 Å². The van der Waals surface area contributed by atoms with Gasteiger partial charge < -0.3 is 10.1 Å². The third kappa shape index (κ3) is 4.29. The van der Waals surface area contributed by atoms with Crippen LogP contribution < -0.4 is 10.1 Å². The van der Waals surface area contributed by atoms with Crippen molar-refractivity contribution in [3.63, 3.8) is 0 Å². The van der Waals surface area contributed by atoms with Crippen LogP contribution in [0.2, 0.25) is 0 Å². The molecular formula is C18H23N3O. The van der Waals surface area contributed by atoms with Gasteiger partial charge in [0.15, 0.2) is 0 Å². The van der Waals surface area contributed by atoms with Crippen molar-refractivity contribution in [1.29, 1.82) is 0 Å². The summed E-state index contributed by atoms with van der Waals surface area (Å²) in [5, 5.41) is 3.47. The molecule has 2 aromatic rings. The number of benzene rings is 1. The number of hydrogen-bond donors (Lipinski definition) is 1. The van der Waals surface area contributed by atoms with Crippen LogP contribution >= 0.6 is 0 Å². The smallest absolute Gasteiger partial charge is 0.130 e. The van der Waals surface area contributed by atoms with Crippen molar-refractivity contribution in [2.75, 3.05) is 19.6 Å². The second-order valence-corrected chi connectivity index (χ2v) is 5.84. The summed E-state index contributed by atoms with van der Waals surface area (Å²) in [7, 11) is 0. The maximum absolute atomic E-state index is 5.77. The van der Waals surface area contributed by atoms with Crippen LogP contribution in [0.25, 0.3) is 0 Å². The fourth-order valence-electron chi connectivity index (χ4n) is 2.75. The summed E-state index contributed by atoms with van der Waals surface area (Å²) in [4.78, 5) is 6.75. The number of pyridine rings is 1. The molecule has 1 fully saturated rings. The van der Waals surface area contributed by atoms with Gasteiger partial charge in [0.2, 0.25) is 0 Å². The first-order chi connectivity index (χ1) is 10.8. The molecule has 3 rings (SSSR count). The van der Waals surface area contributed by atoms with Crippen molar-refractivity contribution in [1.82, 2.24) is 15.2 Å². The maximum Gasteiger partial charge on any atom is 0.130 e. The Balaban J connectivity index is 1.51. The molecule has 1 aliphatic heterocycles. The summed E-state index contributed by atoms with van der Waals surface area (Å²) in [6, 6.07) is 14.8. The molecule has 22 heavy (non-hydrogen) atoms. The van der Waals surface area contributed by atoms with Crippen molar-refractivity contribution in [3.8, 4) is 5.75 Å². The number of piperazine rings is 1. The molecule has 0 saturated carbocycles. The number of rotatable bonds is 5. The van der Waals surface area contributed by atoms with Crippen LogP contribution in [0.3, 0.4) is 0 Å². The third-order valence-corrected chi connectivity index (χ3v) is 3.90. The highest BCUT2D eigenvalue weighted by atomic mass is 16.5. The van der Waals surface area contributed by atoms with Crippen molar-refractivity contribution in [2.24, 2.45) is 0 Å². The van der Waals surface area contributed by atoms with Gasteiger partial charge in [0.1, 0.15) is 12.4 Å². The molecule has 116 valence electrons. The summed E-state index contributed by atoms with van der Waals surface area (Å²) in [6.45, 7) is 7.05. The topological polar surface area (TPSA) is 37.4 Å². The van der Waals surface area contributed by atoms with Gasteiger partial charge in [-0.2, -0.15) is 0 Å². The molecule has 1 N–H and O–H groups in total. The van der Waals surface area contributed by atoms with E-state index in [1.54, 1.807) is 6.20 Å². The van der Waals surface area contributed by atoms with Gasteiger partial charge in [0, 0.05) is 38.4 Å². The van der Waals surface area contributed by atoms with Crippen LogP contribution in [0.15, 0.2) is 48.7 Å². The van der Waals surface area contributed by atoms with Gasteiger partial charge in [-0.3, -0.25) is 9.88 Å². The summed E-state index contributed by atoms with van der Waals surface area (Å²) >= 11 is 0. The average molecular weight is 297 g/mol. The maximum atomic E-state index is 5.77. The number of hydrogen-bond acceptors (Lipinski definition) is 4. The number of ether oxygens (including phenoxy) is 1. The van der Waals surface area contributed by atoms with E-state index in [9.17, 15) is 0 Å². The molecule has 0 bridgehead atoms. The Morgan fingerprint density at radius 1 is 1.23 bits per heavy atom. The first kappa shape index (κ1) is 15.0. The summed E-state index contributed by atoms with van der Waals surface area (Å²) in [5.41, 5.74) is 2.28. The fraction of sp³-hybridized carbons (Fsp3) is 0.389. The quantitative estimate of drug-likeness (QED) is 0.920. The fourth-order valence-corrected chi connectivity index (χ4v) is 2.75. The lowest BCUT2D eigenvalue weighted by atomic mass is 10.1. The second-order valence-electron chi connectivity index (χ2n) is 5.84. The highest BCUT2D eigenvalue weighted by molar-refractivity contribution is 5.27. The Morgan fingerprint density at radius 3 is 2.82 bits per heavy atom. The van der Waals surface area contributed by atoms with E-state index < -0.39 is 0 Å². The van der Waals surface area contributed by atoms with Crippen LogP contribution in [0.1, 0.15) is 18.2 Å². The first-order valence-electron chi connectivity index (χ1n) is 7.87. The van der Waals surface area contributed by atoms with E-state index in [4.69, 9.17) is 4.74 Å². The van der Waals surface area contributed by atoms with E-state index in [1.807, 2.05) is 30.3 Å². The molecule has 1 aliphatic rings. The lowest BCUT2D eigenvalue weighted by Crippen LogP contribution is -2.48. The van der Waals surface area contributed by atoms with Gasteiger partial charge >= 0.3 is 0 Å². The molecule has 1 saturated heterocycles. The van der Waals surface area contributed by atoms with Crippen LogP contribution in [0.4, 0.5) is 0 Å². The molecule has 4 nitrogen and oxygen atoms in total. The lowest BCUT2D eigenvalue weighted by Gasteiger charge is -2.31. The molecule has 0 unspecified atom stereocenters. The van der Waals surface area contributed by atoms with E-state index in [-0.39, 0.29) is 0 Å². The molecule has 0 spiro atoms. The summed E-state index contributed by atoms with van der Waals surface area (Å²) in [5.74, 6) is 0.892. The Bertz CT molecular complexity index is 571. The minimum atomic E-state index is 0.509. The molecule has 1 atom stereocenters. The summed E-state index contributed by atoms with van der Waals surface area (Å²) < 4.78 is 5.77.